The van der Waals surface area contributed by atoms with Crippen molar-refractivity contribution in [1.82, 2.24) is 0 Å². The minimum absolute atomic E-state index is 0.201. The molecule has 0 fully saturated rings. The lowest BCUT2D eigenvalue weighted by Crippen LogP contribution is -2.37. The van der Waals surface area contributed by atoms with Crippen LogP contribution in [-0.2, 0) is 38.1 Å². The minimum atomic E-state index is -0.201. The number of ether oxygens (including phenoxy) is 4. The molecule has 0 aliphatic carbocycles. The summed E-state index contributed by atoms with van der Waals surface area (Å²) in [5, 5.41) is 0. The average Bonchev–Trinajstić information content (AvgIpc) is 2.64. The number of hydrogen-bond donors (Lipinski definition) is 0. The summed E-state index contributed by atoms with van der Waals surface area (Å²) in [5.41, 5.74) is 0. The molecule has 0 saturated heterocycles. The van der Waals surface area contributed by atoms with Crippen LogP contribution in [0.2, 0.25) is 0 Å². The molecule has 0 aliphatic heterocycles. The highest BCUT2D eigenvalue weighted by molar-refractivity contribution is 5.66. The minimum Gasteiger partial charge on any atom is -0.460 e. The predicted octanol–water partition coefficient (Wildman–Crippen LogP) is 1.02. The molecule has 240 valence electrons. The summed E-state index contributed by atoms with van der Waals surface area (Å²) in [6.07, 6.45) is 0. The largest absolute Gasteiger partial charge is 0.460 e. The molecule has 0 unspecified atom stereocenters. The van der Waals surface area contributed by atoms with Gasteiger partial charge in [-0.15, -0.1) is 0 Å². The fraction of sp³-hybridized carbons (Fsp3) is 0.857. The second-order valence-electron chi connectivity index (χ2n) is 13.4. The van der Waals surface area contributed by atoms with Crippen LogP contribution in [0.1, 0.15) is 27.7 Å². The van der Waals surface area contributed by atoms with E-state index in [0.29, 0.717) is 26.4 Å². The molecule has 0 bridgehead atoms. The summed E-state index contributed by atoms with van der Waals surface area (Å²) in [4.78, 5) is 41.2. The summed E-state index contributed by atoms with van der Waals surface area (Å²) in [6, 6.07) is 0. The van der Waals surface area contributed by atoms with Crippen LogP contribution >= 0.6 is 0 Å². The number of hydrogen-bond acceptors (Lipinski definition) is 8. The van der Waals surface area contributed by atoms with Crippen molar-refractivity contribution >= 4 is 23.9 Å². The molecule has 0 aromatic heterocycles. The number of carbonyl (C=O) groups is 4. The van der Waals surface area contributed by atoms with Gasteiger partial charge in [0.2, 0.25) is 0 Å². The maximum atomic E-state index is 10.3. The summed E-state index contributed by atoms with van der Waals surface area (Å²) in [5.74, 6) is -0.802. The van der Waals surface area contributed by atoms with Crippen LogP contribution in [0.25, 0.3) is 0 Å². The first-order valence-electron chi connectivity index (χ1n) is 13.4. The zero-order valence-electron chi connectivity index (χ0n) is 28.7. The molecule has 0 rings (SSSR count). The highest BCUT2D eigenvalue weighted by Crippen LogP contribution is 1.91. The van der Waals surface area contributed by atoms with Crippen molar-refractivity contribution in [3.05, 3.63) is 0 Å². The van der Waals surface area contributed by atoms with E-state index < -0.39 is 0 Å². The molecule has 12 heteroatoms. The van der Waals surface area contributed by atoms with Crippen LogP contribution in [0.5, 0.6) is 0 Å². The Labute approximate surface area is 245 Å². The quantitative estimate of drug-likeness (QED) is 0.190. The summed E-state index contributed by atoms with van der Waals surface area (Å²) in [6.45, 7) is 11.2. The van der Waals surface area contributed by atoms with Crippen LogP contribution in [-0.4, -0.2) is 179 Å². The maximum Gasteiger partial charge on any atom is 0.302 e. The second kappa shape index (κ2) is 22.4. The first kappa shape index (κ1) is 44.7. The van der Waals surface area contributed by atoms with E-state index in [4.69, 9.17) is 18.9 Å². The topological polar surface area (TPSA) is 105 Å². The van der Waals surface area contributed by atoms with Crippen LogP contribution in [0.15, 0.2) is 0 Å². The predicted molar refractivity (Wildman–Crippen MR) is 158 cm³/mol. The molecule has 40 heavy (non-hydrogen) atoms. The molecule has 0 aromatic carbocycles. The lowest BCUT2D eigenvalue weighted by atomic mass is 10.5. The molecule has 0 saturated carbocycles. The maximum absolute atomic E-state index is 10.3. The van der Waals surface area contributed by atoms with Crippen molar-refractivity contribution in [3.63, 3.8) is 0 Å². The van der Waals surface area contributed by atoms with Gasteiger partial charge in [-0.25, -0.2) is 0 Å². The van der Waals surface area contributed by atoms with Crippen molar-refractivity contribution in [3.8, 4) is 0 Å². The molecule has 0 heterocycles. The third-order valence-electron chi connectivity index (χ3n) is 4.27. The number of rotatable bonds is 12. The van der Waals surface area contributed by atoms with Gasteiger partial charge in [0, 0.05) is 27.7 Å². The summed E-state index contributed by atoms with van der Waals surface area (Å²) < 4.78 is 22.4. The summed E-state index contributed by atoms with van der Waals surface area (Å²) >= 11 is 0. The number of quaternary nitrogens is 4. The van der Waals surface area contributed by atoms with Gasteiger partial charge in [-0.2, -0.15) is 0 Å². The van der Waals surface area contributed by atoms with E-state index in [1.165, 1.54) is 27.7 Å². The Balaban J connectivity index is -0.000000216. The lowest BCUT2D eigenvalue weighted by molar-refractivity contribution is -0.870. The van der Waals surface area contributed by atoms with E-state index in [1.807, 2.05) is 0 Å². The van der Waals surface area contributed by atoms with Crippen molar-refractivity contribution in [2.75, 3.05) is 137 Å². The zero-order chi connectivity index (χ0) is 32.8. The first-order valence-corrected chi connectivity index (χ1v) is 13.4. The average molecular weight is 585 g/mol. The number of esters is 4. The molecule has 12 nitrogen and oxygen atoms in total. The molecular weight excluding hydrogens is 520 g/mol. The Bertz CT molecular complexity index is 581. The Hall–Kier alpha value is -2.28. The third-order valence-corrected chi connectivity index (χ3v) is 4.27. The molecular formula is C28H64N4O8+4. The van der Waals surface area contributed by atoms with Crippen molar-refractivity contribution in [1.29, 1.82) is 0 Å². The Morgan fingerprint density at radius 3 is 0.550 bits per heavy atom. The van der Waals surface area contributed by atoms with Crippen LogP contribution in [0.4, 0.5) is 0 Å². The van der Waals surface area contributed by atoms with Gasteiger partial charge >= 0.3 is 23.9 Å². The van der Waals surface area contributed by atoms with E-state index in [-0.39, 0.29) is 23.9 Å². The zero-order valence-corrected chi connectivity index (χ0v) is 28.7. The number of carbonyl (C=O) groups excluding carboxylic acids is 4. The molecule has 0 aromatic rings. The second-order valence-corrected chi connectivity index (χ2v) is 13.4. The Kier molecular flexibility index (Phi) is 25.1. The highest BCUT2D eigenvalue weighted by Gasteiger charge is 2.08. The van der Waals surface area contributed by atoms with Gasteiger partial charge in [-0.1, -0.05) is 0 Å². The van der Waals surface area contributed by atoms with Crippen LogP contribution in [0.3, 0.4) is 0 Å². The van der Waals surface area contributed by atoms with Crippen molar-refractivity contribution in [2.24, 2.45) is 0 Å². The molecule has 0 N–H and O–H groups in total. The molecule has 0 amide bonds. The smallest absolute Gasteiger partial charge is 0.302 e. The van der Waals surface area contributed by atoms with Crippen LogP contribution in [0, 0.1) is 0 Å². The van der Waals surface area contributed by atoms with Gasteiger partial charge in [0.15, 0.2) is 0 Å². The van der Waals surface area contributed by atoms with Gasteiger partial charge in [0.25, 0.3) is 0 Å². The van der Waals surface area contributed by atoms with E-state index in [1.54, 1.807) is 0 Å². The van der Waals surface area contributed by atoms with Crippen molar-refractivity contribution in [2.45, 2.75) is 27.7 Å². The number of likely N-dealkylation sites (N-methyl/N-ethyl adjacent to an activating group) is 4. The van der Waals surface area contributed by atoms with Crippen molar-refractivity contribution < 1.29 is 56.1 Å². The number of nitrogens with zero attached hydrogens (tertiary/aromatic N) is 4. The van der Waals surface area contributed by atoms with E-state index >= 15 is 0 Å². The van der Waals surface area contributed by atoms with Gasteiger partial charge in [0.1, 0.15) is 52.6 Å². The van der Waals surface area contributed by atoms with Gasteiger partial charge < -0.3 is 36.9 Å². The monoisotopic (exact) mass is 584 g/mol. The summed E-state index contributed by atoms with van der Waals surface area (Å²) in [7, 11) is 24.7. The first-order chi connectivity index (χ1) is 17.7. The van der Waals surface area contributed by atoms with E-state index in [9.17, 15) is 19.2 Å². The van der Waals surface area contributed by atoms with Crippen LogP contribution < -0.4 is 0 Å². The lowest BCUT2D eigenvalue weighted by Gasteiger charge is -2.23. The van der Waals surface area contributed by atoms with Gasteiger partial charge in [0.05, 0.1) is 84.6 Å². The van der Waals surface area contributed by atoms with Gasteiger partial charge in [-0.05, 0) is 0 Å². The fourth-order valence-electron chi connectivity index (χ4n) is 1.85. The fourth-order valence-corrected chi connectivity index (χ4v) is 1.85. The van der Waals surface area contributed by atoms with E-state index in [0.717, 1.165) is 44.1 Å². The highest BCUT2D eigenvalue weighted by atomic mass is 16.5. The molecule has 0 radical (unpaired) electrons. The third kappa shape index (κ3) is 65.1. The molecule has 0 aliphatic rings. The molecule has 0 atom stereocenters. The Morgan fingerprint density at radius 1 is 0.350 bits per heavy atom. The normalized spacial score (nSPS) is 11.2. The molecule has 0 spiro atoms. The Morgan fingerprint density at radius 2 is 0.475 bits per heavy atom. The SMILES string of the molecule is CC(=O)OCC[N+](C)(C)C.CC(=O)OCC[N+](C)(C)C.CC(=O)OCC[N+](C)(C)C.CC(=O)OCC[N+](C)(C)C. The van der Waals surface area contributed by atoms with E-state index in [2.05, 4.69) is 84.6 Å². The van der Waals surface area contributed by atoms with Gasteiger partial charge in [-0.3, -0.25) is 19.2 Å². The standard InChI is InChI=1S/4C7H16NO2/c4*1-7(9)10-6-5-8(2,3)4/h4*5-6H2,1-4H3/q4*+1.